The van der Waals surface area contributed by atoms with Gasteiger partial charge >= 0.3 is 5.97 Å². The number of nitrogens with zero attached hydrogens (tertiary/aromatic N) is 1. The number of carbonyl (C=O) groups excluding carboxylic acids is 1. The molecule has 1 aromatic heterocycles. The molecule has 1 atom stereocenters. The molecule has 108 valence electrons. The van der Waals surface area contributed by atoms with Gasteiger partial charge in [-0.1, -0.05) is 0 Å². The van der Waals surface area contributed by atoms with Gasteiger partial charge in [0.25, 0.3) is 0 Å². The SMILES string of the molecule is COCCOCCCOC(=O)C(N)Cc1cnc[nH]1. The van der Waals surface area contributed by atoms with E-state index in [-0.39, 0.29) is 0 Å². The van der Waals surface area contributed by atoms with Crippen LogP contribution >= 0.6 is 0 Å². The second-order valence-corrected chi connectivity index (χ2v) is 4.01. The van der Waals surface area contributed by atoms with Crippen LogP contribution in [0.4, 0.5) is 0 Å². The van der Waals surface area contributed by atoms with Crippen LogP contribution in [0.25, 0.3) is 0 Å². The number of rotatable bonds is 10. The quantitative estimate of drug-likeness (QED) is 0.454. The average Bonchev–Trinajstić information content (AvgIpc) is 2.90. The Labute approximate surface area is 112 Å². The number of esters is 1. The summed E-state index contributed by atoms with van der Waals surface area (Å²) in [5.41, 5.74) is 6.53. The normalized spacial score (nSPS) is 12.3. The van der Waals surface area contributed by atoms with Crippen molar-refractivity contribution in [2.75, 3.05) is 33.5 Å². The molecule has 1 heterocycles. The predicted octanol–water partition coefficient (Wildman–Crippen LogP) is -0.124. The minimum Gasteiger partial charge on any atom is -0.464 e. The highest BCUT2D eigenvalue weighted by molar-refractivity contribution is 5.75. The molecule has 0 saturated heterocycles. The van der Waals surface area contributed by atoms with Crippen molar-refractivity contribution in [2.24, 2.45) is 5.73 Å². The summed E-state index contributed by atoms with van der Waals surface area (Å²) < 4.78 is 15.1. The van der Waals surface area contributed by atoms with E-state index in [0.717, 1.165) is 5.69 Å². The molecule has 0 bridgehead atoms. The van der Waals surface area contributed by atoms with Crippen molar-refractivity contribution >= 4 is 5.97 Å². The van der Waals surface area contributed by atoms with Crippen LogP contribution in [0.15, 0.2) is 12.5 Å². The van der Waals surface area contributed by atoms with Gasteiger partial charge in [-0.05, 0) is 0 Å². The summed E-state index contributed by atoms with van der Waals surface area (Å²) in [5.74, 6) is -0.411. The zero-order valence-corrected chi connectivity index (χ0v) is 11.1. The first-order valence-corrected chi connectivity index (χ1v) is 6.20. The number of carbonyl (C=O) groups is 1. The van der Waals surface area contributed by atoms with Crippen molar-refractivity contribution in [3.05, 3.63) is 18.2 Å². The largest absolute Gasteiger partial charge is 0.464 e. The maximum atomic E-state index is 11.6. The molecule has 1 rings (SSSR count). The molecule has 0 aromatic carbocycles. The van der Waals surface area contributed by atoms with Gasteiger partial charge in [0.2, 0.25) is 0 Å². The van der Waals surface area contributed by atoms with E-state index in [0.29, 0.717) is 39.3 Å². The van der Waals surface area contributed by atoms with Crippen LogP contribution in [0.5, 0.6) is 0 Å². The Bertz CT molecular complexity index is 343. The third kappa shape index (κ3) is 6.90. The van der Waals surface area contributed by atoms with E-state index in [1.807, 2.05) is 0 Å². The van der Waals surface area contributed by atoms with E-state index < -0.39 is 12.0 Å². The Morgan fingerprint density at radius 1 is 1.42 bits per heavy atom. The fourth-order valence-electron chi connectivity index (χ4n) is 1.40. The molecule has 0 spiro atoms. The van der Waals surface area contributed by atoms with E-state index in [1.165, 1.54) is 0 Å². The van der Waals surface area contributed by atoms with Crippen LogP contribution in [0.2, 0.25) is 0 Å². The first-order valence-electron chi connectivity index (χ1n) is 6.20. The summed E-state index contributed by atoms with van der Waals surface area (Å²) in [4.78, 5) is 18.3. The number of nitrogens with two attached hydrogens (primary N) is 1. The molecule has 0 aliphatic rings. The summed E-state index contributed by atoms with van der Waals surface area (Å²) >= 11 is 0. The van der Waals surface area contributed by atoms with E-state index in [4.69, 9.17) is 19.9 Å². The topological polar surface area (TPSA) is 99.5 Å². The Balaban J connectivity index is 2.03. The highest BCUT2D eigenvalue weighted by Crippen LogP contribution is 1.98. The minimum atomic E-state index is -0.671. The van der Waals surface area contributed by atoms with Crippen molar-refractivity contribution in [3.8, 4) is 0 Å². The number of ether oxygens (including phenoxy) is 3. The summed E-state index contributed by atoms with van der Waals surface area (Å²) in [6.07, 6.45) is 4.22. The van der Waals surface area contributed by atoms with Crippen molar-refractivity contribution in [1.82, 2.24) is 9.97 Å². The second-order valence-electron chi connectivity index (χ2n) is 4.01. The van der Waals surface area contributed by atoms with Gasteiger partial charge in [-0.25, -0.2) is 4.98 Å². The molecule has 0 radical (unpaired) electrons. The summed E-state index contributed by atoms with van der Waals surface area (Å²) in [6.45, 7) is 1.95. The minimum absolute atomic E-state index is 0.308. The molecular weight excluding hydrogens is 250 g/mol. The van der Waals surface area contributed by atoms with Crippen LogP contribution in [0.3, 0.4) is 0 Å². The van der Waals surface area contributed by atoms with Crippen LogP contribution in [0.1, 0.15) is 12.1 Å². The molecule has 7 heteroatoms. The molecular formula is C12H21N3O4. The lowest BCUT2D eigenvalue weighted by Crippen LogP contribution is -2.34. The number of aromatic nitrogens is 2. The Hall–Kier alpha value is -1.44. The number of methoxy groups -OCH3 is 1. The zero-order chi connectivity index (χ0) is 13.9. The van der Waals surface area contributed by atoms with E-state index in [9.17, 15) is 4.79 Å². The lowest BCUT2D eigenvalue weighted by Gasteiger charge is -2.10. The van der Waals surface area contributed by atoms with Gasteiger partial charge in [-0.15, -0.1) is 0 Å². The molecule has 19 heavy (non-hydrogen) atoms. The van der Waals surface area contributed by atoms with Crippen molar-refractivity contribution in [3.63, 3.8) is 0 Å². The maximum absolute atomic E-state index is 11.6. The molecule has 0 saturated carbocycles. The van der Waals surface area contributed by atoms with Gasteiger partial charge in [-0.3, -0.25) is 4.79 Å². The molecule has 3 N–H and O–H groups in total. The second kappa shape index (κ2) is 9.48. The van der Waals surface area contributed by atoms with Crippen molar-refractivity contribution in [2.45, 2.75) is 18.9 Å². The van der Waals surface area contributed by atoms with Gasteiger partial charge < -0.3 is 24.9 Å². The third-order valence-electron chi connectivity index (χ3n) is 2.41. The molecule has 0 aliphatic heterocycles. The Morgan fingerprint density at radius 3 is 2.95 bits per heavy atom. The standard InChI is InChI=1S/C12H21N3O4/c1-17-5-6-18-3-2-4-19-12(16)11(13)7-10-8-14-9-15-10/h8-9,11H,2-7,13H2,1H3,(H,14,15). The van der Waals surface area contributed by atoms with E-state index >= 15 is 0 Å². The van der Waals surface area contributed by atoms with Crippen molar-refractivity contribution in [1.29, 1.82) is 0 Å². The van der Waals surface area contributed by atoms with Crippen LogP contribution in [-0.2, 0) is 25.4 Å². The van der Waals surface area contributed by atoms with Gasteiger partial charge in [0, 0.05) is 38.4 Å². The first kappa shape index (κ1) is 15.6. The highest BCUT2D eigenvalue weighted by Gasteiger charge is 2.15. The fraction of sp³-hybridized carbons (Fsp3) is 0.667. The number of aromatic amines is 1. The highest BCUT2D eigenvalue weighted by atomic mass is 16.5. The molecule has 0 aliphatic carbocycles. The van der Waals surface area contributed by atoms with Crippen LogP contribution in [0, 0.1) is 0 Å². The summed E-state index contributed by atoms with van der Waals surface area (Å²) in [6, 6.07) is -0.671. The zero-order valence-electron chi connectivity index (χ0n) is 11.1. The summed E-state index contributed by atoms with van der Waals surface area (Å²) in [5, 5.41) is 0. The molecule has 0 fully saturated rings. The Morgan fingerprint density at radius 2 is 2.26 bits per heavy atom. The van der Waals surface area contributed by atoms with Crippen molar-refractivity contribution < 1.29 is 19.0 Å². The number of imidazole rings is 1. The smallest absolute Gasteiger partial charge is 0.323 e. The molecule has 0 amide bonds. The number of H-pyrrole nitrogens is 1. The van der Waals surface area contributed by atoms with E-state index in [2.05, 4.69) is 9.97 Å². The number of hydrogen-bond acceptors (Lipinski definition) is 6. The lowest BCUT2D eigenvalue weighted by atomic mass is 10.2. The van der Waals surface area contributed by atoms with Gasteiger partial charge in [0.05, 0.1) is 26.1 Å². The fourth-order valence-corrected chi connectivity index (χ4v) is 1.40. The van der Waals surface area contributed by atoms with Gasteiger partial charge in [-0.2, -0.15) is 0 Å². The van der Waals surface area contributed by atoms with Gasteiger partial charge in [0.1, 0.15) is 6.04 Å². The lowest BCUT2D eigenvalue weighted by molar-refractivity contribution is -0.145. The monoisotopic (exact) mass is 271 g/mol. The number of nitrogens with one attached hydrogen (secondary N) is 1. The summed E-state index contributed by atoms with van der Waals surface area (Å²) in [7, 11) is 1.62. The molecule has 7 nitrogen and oxygen atoms in total. The predicted molar refractivity (Wildman–Crippen MR) is 68.5 cm³/mol. The Kier molecular flexibility index (Phi) is 7.80. The molecule has 1 aromatic rings. The third-order valence-corrected chi connectivity index (χ3v) is 2.41. The van der Waals surface area contributed by atoms with E-state index in [1.54, 1.807) is 19.6 Å². The first-order chi connectivity index (χ1) is 9.24. The van der Waals surface area contributed by atoms with Crippen LogP contribution in [-0.4, -0.2) is 55.5 Å². The van der Waals surface area contributed by atoms with Gasteiger partial charge in [0.15, 0.2) is 0 Å². The average molecular weight is 271 g/mol. The molecule has 1 unspecified atom stereocenters. The number of hydrogen-bond donors (Lipinski definition) is 2. The maximum Gasteiger partial charge on any atom is 0.323 e. The van der Waals surface area contributed by atoms with Crippen LogP contribution < -0.4 is 5.73 Å².